The van der Waals surface area contributed by atoms with Crippen LogP contribution in [0.3, 0.4) is 0 Å². The molecule has 1 amide bonds. The zero-order chi connectivity index (χ0) is 20.0. The summed E-state index contributed by atoms with van der Waals surface area (Å²) in [7, 11) is 0. The van der Waals surface area contributed by atoms with Crippen LogP contribution >= 0.6 is 15.9 Å². The van der Waals surface area contributed by atoms with E-state index in [0.29, 0.717) is 17.0 Å². The molecule has 0 saturated heterocycles. The Kier molecular flexibility index (Phi) is 7.42. The molecule has 2 aromatic carbocycles. The lowest BCUT2D eigenvalue weighted by atomic mass is 10.0. The number of anilines is 1. The monoisotopic (exact) mass is 433 g/mol. The summed E-state index contributed by atoms with van der Waals surface area (Å²) in [4.78, 5) is 24.4. The van der Waals surface area contributed by atoms with Gasteiger partial charge in [-0.2, -0.15) is 0 Å². The number of ether oxygens (including phenoxy) is 2. The molecule has 0 atom stereocenters. The predicted molar refractivity (Wildman–Crippen MR) is 109 cm³/mol. The number of carbonyl (C=O) groups excluding carboxylic acids is 2. The third-order valence-electron chi connectivity index (χ3n) is 3.97. The first-order valence-electron chi connectivity index (χ1n) is 8.82. The number of rotatable bonds is 7. The molecule has 0 spiro atoms. The third kappa shape index (κ3) is 5.57. The molecule has 0 fully saturated rings. The lowest BCUT2D eigenvalue weighted by Gasteiger charge is -2.16. The Labute approximate surface area is 168 Å². The van der Waals surface area contributed by atoms with Crippen LogP contribution < -0.4 is 10.1 Å². The van der Waals surface area contributed by atoms with Crippen molar-refractivity contribution in [2.75, 3.05) is 18.5 Å². The summed E-state index contributed by atoms with van der Waals surface area (Å²) in [6, 6.07) is 10.7. The van der Waals surface area contributed by atoms with E-state index in [1.54, 1.807) is 31.2 Å². The maximum atomic E-state index is 12.4. The molecule has 2 rings (SSSR count). The average molecular weight is 434 g/mol. The van der Waals surface area contributed by atoms with Gasteiger partial charge < -0.3 is 14.8 Å². The fourth-order valence-corrected chi connectivity index (χ4v) is 2.92. The summed E-state index contributed by atoms with van der Waals surface area (Å²) in [5.41, 5.74) is 2.77. The van der Waals surface area contributed by atoms with Gasteiger partial charge in [-0.15, -0.1) is 0 Å². The van der Waals surface area contributed by atoms with E-state index in [1.165, 1.54) is 0 Å². The van der Waals surface area contributed by atoms with Crippen molar-refractivity contribution in [2.24, 2.45) is 0 Å². The molecule has 0 radical (unpaired) electrons. The normalized spacial score (nSPS) is 10.6. The van der Waals surface area contributed by atoms with Crippen LogP contribution in [0.25, 0.3) is 0 Å². The van der Waals surface area contributed by atoms with Crippen LogP contribution in [-0.4, -0.2) is 25.1 Å². The van der Waals surface area contributed by atoms with E-state index < -0.39 is 5.97 Å². The number of hydrogen-bond acceptors (Lipinski definition) is 4. The Morgan fingerprint density at radius 1 is 1.19 bits per heavy atom. The Balaban J connectivity index is 2.10. The van der Waals surface area contributed by atoms with Gasteiger partial charge >= 0.3 is 5.97 Å². The maximum Gasteiger partial charge on any atom is 0.340 e. The molecule has 0 aliphatic carbocycles. The van der Waals surface area contributed by atoms with E-state index in [2.05, 4.69) is 35.1 Å². The van der Waals surface area contributed by atoms with Crippen molar-refractivity contribution in [3.63, 3.8) is 0 Å². The number of para-hydroxylation sites is 1. The van der Waals surface area contributed by atoms with Crippen molar-refractivity contribution >= 4 is 33.5 Å². The molecule has 0 bridgehead atoms. The second kappa shape index (κ2) is 9.55. The van der Waals surface area contributed by atoms with E-state index in [1.807, 2.05) is 19.1 Å². The number of halogens is 1. The Morgan fingerprint density at radius 3 is 2.56 bits per heavy atom. The molecule has 0 aromatic heterocycles. The van der Waals surface area contributed by atoms with Gasteiger partial charge in [0.05, 0.1) is 17.9 Å². The summed E-state index contributed by atoms with van der Waals surface area (Å²) in [5, 5.41) is 2.72. The Morgan fingerprint density at radius 2 is 1.89 bits per heavy atom. The quantitative estimate of drug-likeness (QED) is 0.618. The number of carbonyl (C=O) groups is 2. The first-order chi connectivity index (χ1) is 12.8. The van der Waals surface area contributed by atoms with Gasteiger partial charge in [0.25, 0.3) is 5.91 Å². The second-order valence-electron chi connectivity index (χ2n) is 6.40. The molecule has 0 aliphatic heterocycles. The van der Waals surface area contributed by atoms with Crippen LogP contribution in [0, 0.1) is 6.92 Å². The minimum absolute atomic E-state index is 0.155. The average Bonchev–Trinajstić information content (AvgIpc) is 2.62. The summed E-state index contributed by atoms with van der Waals surface area (Å²) >= 11 is 3.53. The Hall–Kier alpha value is -2.34. The minimum atomic E-state index is -0.472. The van der Waals surface area contributed by atoms with Crippen LogP contribution in [0.5, 0.6) is 5.75 Å². The summed E-state index contributed by atoms with van der Waals surface area (Å²) in [5.74, 6) is 0.117. The molecule has 144 valence electrons. The lowest BCUT2D eigenvalue weighted by molar-refractivity contribution is -0.118. The smallest absolute Gasteiger partial charge is 0.340 e. The van der Waals surface area contributed by atoms with E-state index in [9.17, 15) is 9.59 Å². The van der Waals surface area contributed by atoms with Crippen LogP contribution in [0.2, 0.25) is 0 Å². The highest BCUT2D eigenvalue weighted by Crippen LogP contribution is 2.32. The van der Waals surface area contributed by atoms with Gasteiger partial charge in [0, 0.05) is 4.47 Å². The van der Waals surface area contributed by atoms with Crippen LogP contribution in [0.1, 0.15) is 48.2 Å². The molecule has 0 saturated carbocycles. The van der Waals surface area contributed by atoms with Crippen molar-refractivity contribution in [3.8, 4) is 5.75 Å². The van der Waals surface area contributed by atoms with Gasteiger partial charge in [-0.25, -0.2) is 4.79 Å². The molecular weight excluding hydrogens is 410 g/mol. The summed E-state index contributed by atoms with van der Waals surface area (Å²) in [6.45, 7) is 7.96. The van der Waals surface area contributed by atoms with Gasteiger partial charge in [0.15, 0.2) is 6.61 Å². The zero-order valence-corrected chi connectivity index (χ0v) is 17.6. The summed E-state index contributed by atoms with van der Waals surface area (Å²) in [6.07, 6.45) is 0. The van der Waals surface area contributed by atoms with E-state index in [-0.39, 0.29) is 25.0 Å². The lowest BCUT2D eigenvalue weighted by Crippen LogP contribution is -2.22. The molecule has 0 unspecified atom stereocenters. The number of esters is 1. The van der Waals surface area contributed by atoms with Crippen LogP contribution in [-0.2, 0) is 9.53 Å². The number of benzene rings is 2. The highest BCUT2D eigenvalue weighted by Gasteiger charge is 2.16. The van der Waals surface area contributed by atoms with Gasteiger partial charge in [-0.3, -0.25) is 4.79 Å². The van der Waals surface area contributed by atoms with Crippen molar-refractivity contribution in [3.05, 3.63) is 57.6 Å². The fraction of sp³-hybridized carbons (Fsp3) is 0.333. The number of aryl methyl sites for hydroxylation is 1. The third-order valence-corrected chi connectivity index (χ3v) is 4.82. The second-order valence-corrected chi connectivity index (χ2v) is 7.25. The van der Waals surface area contributed by atoms with Crippen molar-refractivity contribution in [1.82, 2.24) is 0 Å². The molecule has 5 nitrogen and oxygen atoms in total. The molecular formula is C21H24BrNO4. The zero-order valence-electron chi connectivity index (χ0n) is 16.0. The summed E-state index contributed by atoms with van der Waals surface area (Å²) < 4.78 is 11.8. The van der Waals surface area contributed by atoms with E-state index in [4.69, 9.17) is 9.47 Å². The van der Waals surface area contributed by atoms with Gasteiger partial charge in [0.1, 0.15) is 5.75 Å². The largest absolute Gasteiger partial charge is 0.483 e. The maximum absolute atomic E-state index is 12.4. The topological polar surface area (TPSA) is 64.6 Å². The van der Waals surface area contributed by atoms with Gasteiger partial charge in [0.2, 0.25) is 0 Å². The standard InChI is InChI=1S/C21H24BrNO4/c1-5-26-21(25)15-8-6-7-9-18(15)23-20(24)12-27-19-10-14(4)17(22)11-16(19)13(2)3/h6-11,13H,5,12H2,1-4H3,(H,23,24). The van der Waals surface area contributed by atoms with E-state index in [0.717, 1.165) is 15.6 Å². The number of amides is 1. The highest BCUT2D eigenvalue weighted by molar-refractivity contribution is 9.10. The van der Waals surface area contributed by atoms with Crippen LogP contribution in [0.4, 0.5) is 5.69 Å². The predicted octanol–water partition coefficient (Wildman–Crippen LogP) is 5.08. The van der Waals surface area contributed by atoms with Crippen molar-refractivity contribution < 1.29 is 19.1 Å². The first kappa shape index (κ1) is 21.0. The fourth-order valence-electron chi connectivity index (χ4n) is 2.56. The van der Waals surface area contributed by atoms with Crippen molar-refractivity contribution in [2.45, 2.75) is 33.6 Å². The molecule has 6 heteroatoms. The SMILES string of the molecule is CCOC(=O)c1ccccc1NC(=O)COc1cc(C)c(Br)cc1C(C)C. The molecule has 2 aromatic rings. The number of nitrogens with one attached hydrogen (secondary N) is 1. The Bertz CT molecular complexity index is 833. The van der Waals surface area contributed by atoms with Gasteiger partial charge in [-0.1, -0.05) is 41.9 Å². The highest BCUT2D eigenvalue weighted by atomic mass is 79.9. The first-order valence-corrected chi connectivity index (χ1v) is 9.61. The van der Waals surface area contributed by atoms with Gasteiger partial charge in [-0.05, 0) is 55.2 Å². The molecule has 0 aliphatic rings. The number of hydrogen-bond donors (Lipinski definition) is 1. The van der Waals surface area contributed by atoms with E-state index >= 15 is 0 Å². The van der Waals surface area contributed by atoms with Crippen molar-refractivity contribution in [1.29, 1.82) is 0 Å². The van der Waals surface area contributed by atoms with Crippen LogP contribution in [0.15, 0.2) is 40.9 Å². The molecule has 27 heavy (non-hydrogen) atoms. The molecule has 1 N–H and O–H groups in total. The molecule has 0 heterocycles. The minimum Gasteiger partial charge on any atom is -0.483 e.